The molecule has 6 nitrogen and oxygen atoms in total. The van der Waals surface area contributed by atoms with Crippen molar-refractivity contribution < 1.29 is 23.8 Å². The van der Waals surface area contributed by atoms with Gasteiger partial charge < -0.3 is 15.2 Å². The summed E-state index contributed by atoms with van der Waals surface area (Å²) in [5, 5.41) is 11.3. The summed E-state index contributed by atoms with van der Waals surface area (Å²) >= 11 is 0. The molecule has 0 spiro atoms. The Morgan fingerprint density at radius 1 is 1.50 bits per heavy atom. The van der Waals surface area contributed by atoms with E-state index in [-0.39, 0.29) is 18.8 Å². The predicted octanol–water partition coefficient (Wildman–Crippen LogP) is 0.0501. The van der Waals surface area contributed by atoms with E-state index in [2.05, 4.69) is 10.3 Å². The average molecular weight is 254 g/mol. The van der Waals surface area contributed by atoms with Crippen LogP contribution in [0.2, 0.25) is 0 Å². The zero-order chi connectivity index (χ0) is 13.1. The highest BCUT2D eigenvalue weighted by molar-refractivity contribution is 5.94. The molecule has 0 bridgehead atoms. The zero-order valence-electron chi connectivity index (χ0n) is 9.30. The maximum absolute atomic E-state index is 13.3. The van der Waals surface area contributed by atoms with Gasteiger partial charge in [0.2, 0.25) is 5.95 Å². The quantitative estimate of drug-likeness (QED) is 0.744. The van der Waals surface area contributed by atoms with Crippen molar-refractivity contribution in [2.75, 3.05) is 13.2 Å². The van der Waals surface area contributed by atoms with E-state index in [4.69, 9.17) is 9.84 Å². The number of aromatic nitrogens is 1. The number of hydrogen-bond donors (Lipinski definition) is 2. The van der Waals surface area contributed by atoms with Crippen LogP contribution in [0.15, 0.2) is 18.3 Å². The number of hydrogen-bond acceptors (Lipinski definition) is 4. The highest BCUT2D eigenvalue weighted by atomic mass is 19.1. The second kappa shape index (κ2) is 5.09. The van der Waals surface area contributed by atoms with Crippen molar-refractivity contribution in [3.63, 3.8) is 0 Å². The summed E-state index contributed by atoms with van der Waals surface area (Å²) in [4.78, 5) is 26.0. The van der Waals surface area contributed by atoms with Gasteiger partial charge in [-0.3, -0.25) is 9.59 Å². The van der Waals surface area contributed by atoms with Gasteiger partial charge in [0, 0.05) is 6.20 Å². The first kappa shape index (κ1) is 12.4. The lowest BCUT2D eigenvalue weighted by Crippen LogP contribution is -2.43. The first-order valence-electron chi connectivity index (χ1n) is 5.31. The van der Waals surface area contributed by atoms with E-state index in [0.29, 0.717) is 0 Å². The van der Waals surface area contributed by atoms with Gasteiger partial charge in [0.15, 0.2) is 0 Å². The number of amides is 1. The Morgan fingerprint density at radius 3 is 2.94 bits per heavy atom. The minimum absolute atomic E-state index is 0.0375. The molecule has 2 N–H and O–H groups in total. The lowest BCUT2D eigenvalue weighted by molar-refractivity contribution is -0.142. The molecular weight excluding hydrogens is 243 g/mol. The molecule has 18 heavy (non-hydrogen) atoms. The number of rotatable bonds is 3. The van der Waals surface area contributed by atoms with Gasteiger partial charge in [0.05, 0.1) is 24.8 Å². The van der Waals surface area contributed by atoms with Gasteiger partial charge in [-0.05, 0) is 12.1 Å². The molecule has 0 aliphatic carbocycles. The number of ether oxygens (including phenoxy) is 1. The van der Waals surface area contributed by atoms with Gasteiger partial charge in [-0.25, -0.2) is 4.98 Å². The fourth-order valence-corrected chi connectivity index (χ4v) is 1.74. The van der Waals surface area contributed by atoms with Crippen molar-refractivity contribution in [1.29, 1.82) is 0 Å². The number of nitrogens with zero attached hydrogens (tertiary/aromatic N) is 1. The van der Waals surface area contributed by atoms with E-state index in [1.165, 1.54) is 18.3 Å². The Kier molecular flexibility index (Phi) is 3.52. The number of carboxylic acids is 1. The molecule has 1 aliphatic rings. The van der Waals surface area contributed by atoms with Gasteiger partial charge in [-0.1, -0.05) is 0 Å². The third-order valence-electron chi connectivity index (χ3n) is 2.72. The first-order chi connectivity index (χ1) is 8.59. The molecule has 1 aromatic rings. The van der Waals surface area contributed by atoms with Gasteiger partial charge in [-0.2, -0.15) is 4.39 Å². The minimum Gasteiger partial charge on any atom is -0.481 e. The van der Waals surface area contributed by atoms with Crippen molar-refractivity contribution in [2.45, 2.75) is 6.04 Å². The molecule has 2 unspecified atom stereocenters. The Bertz CT molecular complexity index is 480. The number of halogens is 1. The molecule has 1 aliphatic heterocycles. The number of aliphatic carboxylic acids is 1. The summed E-state index contributed by atoms with van der Waals surface area (Å²) < 4.78 is 18.2. The summed E-state index contributed by atoms with van der Waals surface area (Å²) in [7, 11) is 0. The third kappa shape index (κ3) is 2.45. The second-order valence-electron chi connectivity index (χ2n) is 3.90. The third-order valence-corrected chi connectivity index (χ3v) is 2.72. The molecule has 1 saturated heterocycles. The largest absolute Gasteiger partial charge is 0.481 e. The molecule has 1 aromatic heterocycles. The van der Waals surface area contributed by atoms with E-state index < -0.39 is 29.8 Å². The zero-order valence-corrected chi connectivity index (χ0v) is 9.30. The van der Waals surface area contributed by atoms with Gasteiger partial charge >= 0.3 is 5.97 Å². The second-order valence-corrected chi connectivity index (χ2v) is 3.90. The molecule has 1 amide bonds. The SMILES string of the molecule is O=C(NC1COCC1C(=O)O)c1cccnc1F. The fourth-order valence-electron chi connectivity index (χ4n) is 1.74. The standard InChI is InChI=1S/C11H11FN2O4/c12-9-6(2-1-3-13-9)10(15)14-8-5-18-4-7(8)11(16)17/h1-3,7-8H,4-5H2,(H,14,15)(H,16,17). The summed E-state index contributed by atoms with van der Waals surface area (Å²) in [5.74, 6) is -3.44. The normalized spacial score (nSPS) is 22.7. The molecule has 2 rings (SSSR count). The molecule has 2 heterocycles. The lowest BCUT2D eigenvalue weighted by Gasteiger charge is -2.15. The van der Waals surface area contributed by atoms with Crippen LogP contribution in [0.4, 0.5) is 4.39 Å². The molecule has 0 saturated carbocycles. The van der Waals surface area contributed by atoms with Crippen LogP contribution in [-0.4, -0.2) is 41.2 Å². The summed E-state index contributed by atoms with van der Waals surface area (Å²) in [6.45, 7) is 0.139. The fraction of sp³-hybridized carbons (Fsp3) is 0.364. The Labute approximate surface area is 102 Å². The van der Waals surface area contributed by atoms with Crippen LogP contribution in [0.1, 0.15) is 10.4 Å². The van der Waals surface area contributed by atoms with Gasteiger partial charge in [0.25, 0.3) is 5.91 Å². The molecule has 2 atom stereocenters. The smallest absolute Gasteiger partial charge is 0.311 e. The van der Waals surface area contributed by atoms with E-state index in [1.54, 1.807) is 0 Å². The van der Waals surface area contributed by atoms with Crippen LogP contribution in [0.25, 0.3) is 0 Å². The van der Waals surface area contributed by atoms with Crippen LogP contribution >= 0.6 is 0 Å². The average Bonchev–Trinajstić information content (AvgIpc) is 2.77. The minimum atomic E-state index is -1.05. The van der Waals surface area contributed by atoms with Crippen molar-refractivity contribution in [3.8, 4) is 0 Å². The Hall–Kier alpha value is -2.02. The maximum Gasteiger partial charge on any atom is 0.311 e. The van der Waals surface area contributed by atoms with Gasteiger partial charge in [0.1, 0.15) is 5.92 Å². The van der Waals surface area contributed by atoms with Crippen molar-refractivity contribution in [2.24, 2.45) is 5.92 Å². The first-order valence-corrected chi connectivity index (χ1v) is 5.31. The molecule has 0 aromatic carbocycles. The molecular formula is C11H11FN2O4. The van der Waals surface area contributed by atoms with Crippen LogP contribution in [-0.2, 0) is 9.53 Å². The number of pyridine rings is 1. The number of carboxylic acid groups (broad SMARTS) is 1. The van der Waals surface area contributed by atoms with Crippen LogP contribution in [0.3, 0.4) is 0 Å². The number of carbonyl (C=O) groups excluding carboxylic acids is 1. The van der Waals surface area contributed by atoms with E-state index in [9.17, 15) is 14.0 Å². The summed E-state index contributed by atoms with van der Waals surface area (Å²) in [6, 6.07) is 2.05. The molecule has 7 heteroatoms. The van der Waals surface area contributed by atoms with Crippen molar-refractivity contribution in [3.05, 3.63) is 29.8 Å². The van der Waals surface area contributed by atoms with Crippen LogP contribution in [0, 0.1) is 11.9 Å². The number of carbonyl (C=O) groups is 2. The van der Waals surface area contributed by atoms with Crippen LogP contribution < -0.4 is 5.32 Å². The molecule has 1 fully saturated rings. The monoisotopic (exact) mass is 254 g/mol. The summed E-state index contributed by atoms with van der Waals surface area (Å²) in [6.07, 6.45) is 1.23. The molecule has 96 valence electrons. The highest BCUT2D eigenvalue weighted by Gasteiger charge is 2.35. The number of nitrogens with one attached hydrogen (secondary N) is 1. The Balaban J connectivity index is 2.08. The van der Waals surface area contributed by atoms with E-state index >= 15 is 0 Å². The summed E-state index contributed by atoms with van der Waals surface area (Å²) in [5.41, 5.74) is -0.214. The van der Waals surface area contributed by atoms with Crippen molar-refractivity contribution >= 4 is 11.9 Å². The van der Waals surface area contributed by atoms with E-state index in [0.717, 1.165) is 0 Å². The van der Waals surface area contributed by atoms with Gasteiger partial charge in [-0.15, -0.1) is 0 Å². The topological polar surface area (TPSA) is 88.5 Å². The lowest BCUT2D eigenvalue weighted by atomic mass is 10.0. The van der Waals surface area contributed by atoms with E-state index in [1.807, 2.05) is 0 Å². The predicted molar refractivity (Wildman–Crippen MR) is 57.4 cm³/mol. The Morgan fingerprint density at radius 2 is 2.28 bits per heavy atom. The maximum atomic E-state index is 13.3. The van der Waals surface area contributed by atoms with Crippen LogP contribution in [0.5, 0.6) is 0 Å². The molecule has 0 radical (unpaired) electrons. The highest BCUT2D eigenvalue weighted by Crippen LogP contribution is 2.15. The van der Waals surface area contributed by atoms with Crippen molar-refractivity contribution in [1.82, 2.24) is 10.3 Å².